The third kappa shape index (κ3) is 1.19. The molecular weight excluding hydrogens is 204 g/mol. The van der Waals surface area contributed by atoms with Crippen molar-refractivity contribution in [3.63, 3.8) is 0 Å². The molecule has 15 heavy (non-hydrogen) atoms. The van der Waals surface area contributed by atoms with Crippen LogP contribution in [-0.2, 0) is 5.54 Å². The van der Waals surface area contributed by atoms with Crippen molar-refractivity contribution in [1.29, 1.82) is 0 Å². The minimum atomic E-state index is 0.265. The number of aromatic amines is 1. The van der Waals surface area contributed by atoms with Gasteiger partial charge < -0.3 is 9.55 Å². The monoisotopic (exact) mass is 218 g/mol. The zero-order valence-electron chi connectivity index (χ0n) is 9.00. The molecule has 78 valence electrons. The summed E-state index contributed by atoms with van der Waals surface area (Å²) in [5.74, 6) is 0. The van der Waals surface area contributed by atoms with Gasteiger partial charge in [-0.15, -0.1) is 0 Å². The Labute approximate surface area is 93.9 Å². The van der Waals surface area contributed by atoms with Crippen molar-refractivity contribution >= 4 is 23.3 Å². The molecule has 3 heteroatoms. The second-order valence-electron chi connectivity index (χ2n) is 4.73. The number of fused-ring (bicyclic) bond motifs is 1. The Morgan fingerprint density at radius 3 is 2.80 bits per heavy atom. The quantitative estimate of drug-likeness (QED) is 0.726. The molecule has 1 heterocycles. The van der Waals surface area contributed by atoms with Gasteiger partial charge in [0.1, 0.15) is 0 Å². The van der Waals surface area contributed by atoms with Gasteiger partial charge >= 0.3 is 0 Å². The minimum absolute atomic E-state index is 0.265. The summed E-state index contributed by atoms with van der Waals surface area (Å²) in [6, 6.07) is 6.32. The Hall–Kier alpha value is -1.09. The fourth-order valence-corrected chi connectivity index (χ4v) is 2.67. The number of aryl methyl sites for hydroxylation is 1. The topological polar surface area (TPSA) is 20.7 Å². The van der Waals surface area contributed by atoms with E-state index >= 15 is 0 Å². The van der Waals surface area contributed by atoms with Crippen LogP contribution in [0.2, 0.25) is 0 Å². The van der Waals surface area contributed by atoms with E-state index in [9.17, 15) is 0 Å². The number of nitrogens with zero attached hydrogens (tertiary/aromatic N) is 1. The molecule has 1 saturated carbocycles. The summed E-state index contributed by atoms with van der Waals surface area (Å²) in [5.41, 5.74) is 4.00. The molecule has 2 nitrogen and oxygen atoms in total. The fraction of sp³-hybridized carbons (Fsp3) is 0.417. The molecule has 1 aromatic heterocycles. The Morgan fingerprint density at radius 1 is 1.40 bits per heavy atom. The van der Waals surface area contributed by atoms with Crippen molar-refractivity contribution in [2.45, 2.75) is 32.2 Å². The molecule has 0 amide bonds. The molecular formula is C12H14N2S. The molecule has 1 N–H and O–H groups in total. The van der Waals surface area contributed by atoms with Crippen LogP contribution in [0.5, 0.6) is 0 Å². The van der Waals surface area contributed by atoms with E-state index in [2.05, 4.69) is 41.6 Å². The predicted molar refractivity (Wildman–Crippen MR) is 64.7 cm³/mol. The zero-order chi connectivity index (χ0) is 10.6. The highest BCUT2D eigenvalue weighted by Crippen LogP contribution is 2.45. The van der Waals surface area contributed by atoms with E-state index in [0.29, 0.717) is 0 Å². The molecule has 1 fully saturated rings. The van der Waals surface area contributed by atoms with Gasteiger partial charge in [-0.2, -0.15) is 0 Å². The van der Waals surface area contributed by atoms with Gasteiger partial charge in [0.05, 0.1) is 11.0 Å². The first-order chi connectivity index (χ1) is 7.12. The van der Waals surface area contributed by atoms with Crippen molar-refractivity contribution in [3.05, 3.63) is 28.5 Å². The maximum absolute atomic E-state index is 5.41. The summed E-state index contributed by atoms with van der Waals surface area (Å²) >= 11 is 5.41. The number of para-hydroxylation sites is 1. The fourth-order valence-electron chi connectivity index (χ4n) is 2.25. The molecule has 0 unspecified atom stereocenters. The van der Waals surface area contributed by atoms with E-state index in [1.54, 1.807) is 0 Å². The lowest BCUT2D eigenvalue weighted by atomic mass is 10.2. The van der Waals surface area contributed by atoms with Crippen LogP contribution in [0.15, 0.2) is 18.2 Å². The molecule has 0 aliphatic heterocycles. The van der Waals surface area contributed by atoms with Gasteiger partial charge in [-0.1, -0.05) is 12.1 Å². The van der Waals surface area contributed by atoms with Crippen LogP contribution in [0, 0.1) is 11.7 Å². The van der Waals surface area contributed by atoms with Gasteiger partial charge in [-0.25, -0.2) is 0 Å². The lowest BCUT2D eigenvalue weighted by Crippen LogP contribution is -2.12. The molecule has 0 bridgehead atoms. The van der Waals surface area contributed by atoms with Crippen LogP contribution < -0.4 is 0 Å². The van der Waals surface area contributed by atoms with E-state index in [1.165, 1.54) is 23.9 Å². The van der Waals surface area contributed by atoms with E-state index in [-0.39, 0.29) is 5.54 Å². The largest absolute Gasteiger partial charge is 0.331 e. The van der Waals surface area contributed by atoms with Crippen molar-refractivity contribution in [1.82, 2.24) is 9.55 Å². The number of benzene rings is 1. The zero-order valence-corrected chi connectivity index (χ0v) is 9.82. The first-order valence-corrected chi connectivity index (χ1v) is 5.73. The number of imidazole rings is 1. The van der Waals surface area contributed by atoms with Gasteiger partial charge in [0.15, 0.2) is 4.77 Å². The van der Waals surface area contributed by atoms with E-state index in [1.807, 2.05) is 0 Å². The molecule has 1 aliphatic carbocycles. The smallest absolute Gasteiger partial charge is 0.178 e. The lowest BCUT2D eigenvalue weighted by Gasteiger charge is -2.13. The van der Waals surface area contributed by atoms with Gasteiger partial charge in [0.25, 0.3) is 0 Å². The highest BCUT2D eigenvalue weighted by Gasteiger charge is 2.41. The van der Waals surface area contributed by atoms with Crippen molar-refractivity contribution in [3.8, 4) is 0 Å². The number of rotatable bonds is 1. The molecule has 0 saturated heterocycles. The molecule has 2 aromatic rings. The SMILES string of the molecule is Cc1cccc2[nH]c(=S)n(C3(C)CC3)c12. The van der Waals surface area contributed by atoms with Crippen molar-refractivity contribution < 1.29 is 0 Å². The van der Waals surface area contributed by atoms with Crippen LogP contribution in [0.3, 0.4) is 0 Å². The third-order valence-corrected chi connectivity index (χ3v) is 3.70. The second kappa shape index (κ2) is 2.73. The second-order valence-corrected chi connectivity index (χ2v) is 5.12. The molecule has 1 aromatic carbocycles. The Morgan fingerprint density at radius 2 is 2.13 bits per heavy atom. The molecule has 0 spiro atoms. The Balaban J connectivity index is 2.46. The van der Waals surface area contributed by atoms with Gasteiger partial charge in [0.2, 0.25) is 0 Å². The number of aromatic nitrogens is 2. The van der Waals surface area contributed by atoms with Gasteiger partial charge in [0, 0.05) is 5.54 Å². The van der Waals surface area contributed by atoms with E-state index < -0.39 is 0 Å². The number of hydrogen-bond acceptors (Lipinski definition) is 1. The summed E-state index contributed by atoms with van der Waals surface area (Å²) in [4.78, 5) is 3.29. The van der Waals surface area contributed by atoms with Gasteiger partial charge in [-0.05, 0) is 50.5 Å². The van der Waals surface area contributed by atoms with Crippen molar-refractivity contribution in [2.75, 3.05) is 0 Å². The average molecular weight is 218 g/mol. The summed E-state index contributed by atoms with van der Waals surface area (Å²) in [6.07, 6.45) is 2.48. The Kier molecular flexibility index (Phi) is 1.67. The highest BCUT2D eigenvalue weighted by molar-refractivity contribution is 7.71. The Bertz CT molecular complexity index is 587. The number of nitrogens with one attached hydrogen (secondary N) is 1. The summed E-state index contributed by atoms with van der Waals surface area (Å²) in [5, 5.41) is 0. The van der Waals surface area contributed by atoms with Gasteiger partial charge in [-0.3, -0.25) is 0 Å². The molecule has 0 atom stereocenters. The van der Waals surface area contributed by atoms with Crippen LogP contribution in [0.4, 0.5) is 0 Å². The first-order valence-electron chi connectivity index (χ1n) is 5.33. The van der Waals surface area contributed by atoms with E-state index in [0.717, 1.165) is 10.3 Å². The average Bonchev–Trinajstić information content (AvgIpc) is 2.79. The first kappa shape index (κ1) is 9.16. The van der Waals surface area contributed by atoms with Crippen LogP contribution in [0.25, 0.3) is 11.0 Å². The highest BCUT2D eigenvalue weighted by atomic mass is 32.1. The third-order valence-electron chi connectivity index (χ3n) is 3.42. The van der Waals surface area contributed by atoms with Crippen molar-refractivity contribution in [2.24, 2.45) is 0 Å². The van der Waals surface area contributed by atoms with Crippen LogP contribution >= 0.6 is 12.2 Å². The minimum Gasteiger partial charge on any atom is -0.331 e. The summed E-state index contributed by atoms with van der Waals surface area (Å²) < 4.78 is 3.16. The molecule has 0 radical (unpaired) electrons. The van der Waals surface area contributed by atoms with Crippen LogP contribution in [-0.4, -0.2) is 9.55 Å². The normalized spacial score (nSPS) is 18.3. The number of H-pyrrole nitrogens is 1. The molecule has 1 aliphatic rings. The lowest BCUT2D eigenvalue weighted by molar-refractivity contribution is 0.541. The summed E-state index contributed by atoms with van der Waals surface area (Å²) in [7, 11) is 0. The predicted octanol–water partition coefficient (Wildman–Crippen LogP) is 3.52. The number of hydrogen-bond donors (Lipinski definition) is 1. The maximum atomic E-state index is 5.41. The maximum Gasteiger partial charge on any atom is 0.178 e. The standard InChI is InChI=1S/C12H14N2S/c1-8-4-3-5-9-10(8)14(11(15)13-9)12(2)6-7-12/h3-5H,6-7H2,1-2H3,(H,13,15). The van der Waals surface area contributed by atoms with Crippen LogP contribution in [0.1, 0.15) is 25.3 Å². The summed E-state index contributed by atoms with van der Waals surface area (Å²) in [6.45, 7) is 4.43. The molecule has 3 rings (SSSR count). The van der Waals surface area contributed by atoms with E-state index in [4.69, 9.17) is 12.2 Å².